The molecule has 11 heteroatoms. The number of halogens is 3. The van der Waals surface area contributed by atoms with Crippen molar-refractivity contribution in [1.29, 1.82) is 0 Å². The maximum Gasteiger partial charge on any atom is 0.254 e. The molecule has 0 bridgehead atoms. The monoisotopic (exact) mass is 570 g/mol. The largest absolute Gasteiger partial charge is 0.336 e. The third kappa shape index (κ3) is 6.03. The SMILES string of the molecule is O=C(c1ccc(NS(=O)(=O)C2C=CC=Cc3cccnc32)c(F)c1)N1CCN(Cc2ccc(F)c(Cl)c2)CC1. The average molecular weight is 571 g/mol. The molecule has 5 rings (SSSR count). The molecular formula is C28H25ClF2N4O3S. The van der Waals surface area contributed by atoms with Crippen molar-refractivity contribution in [3.05, 3.63) is 112 Å². The number of pyridine rings is 1. The summed E-state index contributed by atoms with van der Waals surface area (Å²) in [6.45, 7) is 2.59. The van der Waals surface area contributed by atoms with Gasteiger partial charge in [0.25, 0.3) is 5.91 Å². The highest BCUT2D eigenvalue weighted by Gasteiger charge is 2.30. The van der Waals surface area contributed by atoms with Crippen molar-refractivity contribution in [2.24, 2.45) is 0 Å². The summed E-state index contributed by atoms with van der Waals surface area (Å²) in [6, 6.07) is 11.8. The molecule has 1 atom stereocenters. The number of carbonyl (C=O) groups is 1. The molecule has 1 saturated heterocycles. The molecule has 0 spiro atoms. The molecule has 2 heterocycles. The maximum absolute atomic E-state index is 15.0. The minimum atomic E-state index is -4.10. The smallest absolute Gasteiger partial charge is 0.254 e. The van der Waals surface area contributed by atoms with Crippen LogP contribution in [0.15, 0.2) is 73.0 Å². The molecule has 1 N–H and O–H groups in total. The number of rotatable bonds is 6. The summed E-state index contributed by atoms with van der Waals surface area (Å²) >= 11 is 5.87. The van der Waals surface area contributed by atoms with Crippen molar-refractivity contribution >= 4 is 39.3 Å². The number of sulfonamides is 1. The molecular weight excluding hydrogens is 546 g/mol. The van der Waals surface area contributed by atoms with Gasteiger partial charge in [0.15, 0.2) is 0 Å². The third-order valence-electron chi connectivity index (χ3n) is 6.67. The van der Waals surface area contributed by atoms with Gasteiger partial charge in [-0.15, -0.1) is 0 Å². The number of fused-ring (bicyclic) bond motifs is 1. The number of anilines is 1. The van der Waals surface area contributed by atoms with Crippen molar-refractivity contribution < 1.29 is 22.0 Å². The van der Waals surface area contributed by atoms with Crippen LogP contribution in [0.3, 0.4) is 0 Å². The predicted molar refractivity (Wildman–Crippen MR) is 147 cm³/mol. The molecule has 3 aromatic rings. The summed E-state index contributed by atoms with van der Waals surface area (Å²) in [7, 11) is -4.10. The van der Waals surface area contributed by atoms with E-state index in [9.17, 15) is 17.6 Å². The highest BCUT2D eigenvalue weighted by atomic mass is 35.5. The van der Waals surface area contributed by atoms with Gasteiger partial charge in [-0.3, -0.25) is 19.4 Å². The molecule has 1 amide bonds. The van der Waals surface area contributed by atoms with E-state index < -0.39 is 26.9 Å². The molecule has 39 heavy (non-hydrogen) atoms. The Kier molecular flexibility index (Phi) is 7.79. The van der Waals surface area contributed by atoms with E-state index in [1.54, 1.807) is 47.4 Å². The molecule has 7 nitrogen and oxygen atoms in total. The van der Waals surface area contributed by atoms with Crippen LogP contribution in [-0.4, -0.2) is 55.3 Å². The normalized spacial score (nSPS) is 17.5. The Balaban J connectivity index is 1.23. The first kappa shape index (κ1) is 27.0. The van der Waals surface area contributed by atoms with Gasteiger partial charge >= 0.3 is 0 Å². The van der Waals surface area contributed by atoms with Crippen LogP contribution in [0.4, 0.5) is 14.5 Å². The minimum Gasteiger partial charge on any atom is -0.336 e. The molecule has 2 aliphatic rings. The second kappa shape index (κ2) is 11.3. The molecule has 0 saturated carbocycles. The number of allylic oxidation sites excluding steroid dienone is 2. The fraction of sp³-hybridized carbons (Fsp3) is 0.214. The van der Waals surface area contributed by atoms with Crippen LogP contribution in [-0.2, 0) is 16.6 Å². The number of benzene rings is 2. The molecule has 2 aromatic carbocycles. The first-order valence-corrected chi connectivity index (χ1v) is 14.2. The van der Waals surface area contributed by atoms with Crippen LogP contribution >= 0.6 is 11.6 Å². The molecule has 1 aromatic heterocycles. The van der Waals surface area contributed by atoms with Gasteiger partial charge in [-0.05, 0) is 47.5 Å². The lowest BCUT2D eigenvalue weighted by atomic mass is 10.1. The first-order chi connectivity index (χ1) is 18.7. The maximum atomic E-state index is 15.0. The van der Waals surface area contributed by atoms with Gasteiger partial charge in [0.05, 0.1) is 16.4 Å². The van der Waals surface area contributed by atoms with E-state index in [2.05, 4.69) is 14.6 Å². The number of nitrogens with zero attached hydrogens (tertiary/aromatic N) is 3. The standard InChI is InChI=1S/C28H25ClF2N4O3S/c29-22-16-19(7-9-23(22)30)18-34-12-14-35(15-13-34)28(36)21-8-10-25(24(31)17-21)33-39(37,38)26-6-2-1-4-20-5-3-11-32-27(20)26/h1-11,16-17,26,33H,12-15,18H2. The number of hydrogen-bond donors (Lipinski definition) is 1. The molecule has 0 radical (unpaired) electrons. The van der Waals surface area contributed by atoms with Crippen molar-refractivity contribution in [2.75, 3.05) is 30.9 Å². The Hall–Kier alpha value is -3.60. The number of amides is 1. The van der Waals surface area contributed by atoms with Crippen LogP contribution in [0, 0.1) is 11.6 Å². The number of piperazine rings is 1. The van der Waals surface area contributed by atoms with Crippen LogP contribution in [0.1, 0.15) is 32.4 Å². The second-order valence-electron chi connectivity index (χ2n) is 9.30. The zero-order valence-electron chi connectivity index (χ0n) is 20.7. The molecule has 1 unspecified atom stereocenters. The summed E-state index contributed by atoms with van der Waals surface area (Å²) in [4.78, 5) is 21.0. The summed E-state index contributed by atoms with van der Waals surface area (Å²) in [5, 5.41) is -1.05. The van der Waals surface area contributed by atoms with E-state index in [-0.39, 0.29) is 22.2 Å². The van der Waals surface area contributed by atoms with Gasteiger partial charge in [-0.25, -0.2) is 17.2 Å². The van der Waals surface area contributed by atoms with E-state index in [0.29, 0.717) is 44.0 Å². The van der Waals surface area contributed by atoms with Crippen molar-refractivity contribution in [1.82, 2.24) is 14.8 Å². The number of aromatic nitrogens is 1. The van der Waals surface area contributed by atoms with Gasteiger partial charge in [0, 0.05) is 44.5 Å². The molecule has 1 aliphatic carbocycles. The fourth-order valence-corrected chi connectivity index (χ4v) is 6.20. The van der Waals surface area contributed by atoms with E-state index in [0.717, 1.165) is 11.6 Å². The Bertz CT molecular complexity index is 1570. The topological polar surface area (TPSA) is 82.6 Å². The molecule has 202 valence electrons. The van der Waals surface area contributed by atoms with E-state index in [1.807, 2.05) is 0 Å². The Morgan fingerprint density at radius 3 is 2.56 bits per heavy atom. The van der Waals surface area contributed by atoms with Gasteiger partial charge in [-0.2, -0.15) is 0 Å². The first-order valence-electron chi connectivity index (χ1n) is 12.3. The zero-order chi connectivity index (χ0) is 27.6. The number of nitrogens with one attached hydrogen (secondary N) is 1. The Morgan fingerprint density at radius 2 is 1.82 bits per heavy atom. The number of hydrogen-bond acceptors (Lipinski definition) is 5. The van der Waals surface area contributed by atoms with Gasteiger partial charge in [-0.1, -0.05) is 48.0 Å². The summed E-state index contributed by atoms with van der Waals surface area (Å²) < 4.78 is 57.1. The lowest BCUT2D eigenvalue weighted by Crippen LogP contribution is -2.48. The minimum absolute atomic E-state index is 0.0678. The third-order valence-corrected chi connectivity index (χ3v) is 8.51. The van der Waals surface area contributed by atoms with Crippen LogP contribution < -0.4 is 4.72 Å². The van der Waals surface area contributed by atoms with Crippen molar-refractivity contribution in [2.45, 2.75) is 11.8 Å². The highest BCUT2D eigenvalue weighted by Crippen LogP contribution is 2.30. The van der Waals surface area contributed by atoms with E-state index >= 15 is 4.39 Å². The van der Waals surface area contributed by atoms with Crippen LogP contribution in [0.2, 0.25) is 5.02 Å². The lowest BCUT2D eigenvalue weighted by molar-refractivity contribution is 0.0628. The lowest BCUT2D eigenvalue weighted by Gasteiger charge is -2.34. The van der Waals surface area contributed by atoms with E-state index in [1.165, 1.54) is 30.5 Å². The predicted octanol–water partition coefficient (Wildman–Crippen LogP) is 5.04. The molecule has 1 aliphatic heterocycles. The average Bonchev–Trinajstić information content (AvgIpc) is 3.15. The Labute approximate surface area is 230 Å². The number of carbonyl (C=O) groups excluding carboxylic acids is 1. The van der Waals surface area contributed by atoms with Crippen molar-refractivity contribution in [3.8, 4) is 0 Å². The summed E-state index contributed by atoms with van der Waals surface area (Å²) in [6.07, 6.45) is 8.08. The van der Waals surface area contributed by atoms with Crippen molar-refractivity contribution in [3.63, 3.8) is 0 Å². The highest BCUT2D eigenvalue weighted by molar-refractivity contribution is 7.93. The summed E-state index contributed by atoms with van der Waals surface area (Å²) in [5.41, 5.74) is 1.73. The van der Waals surface area contributed by atoms with E-state index in [4.69, 9.17) is 11.6 Å². The quantitative estimate of drug-likeness (QED) is 0.449. The van der Waals surface area contributed by atoms with Gasteiger partial charge in [0.2, 0.25) is 10.0 Å². The molecule has 1 fully saturated rings. The fourth-order valence-electron chi connectivity index (χ4n) is 4.61. The van der Waals surface area contributed by atoms with Crippen LogP contribution in [0.5, 0.6) is 0 Å². The van der Waals surface area contributed by atoms with Gasteiger partial charge < -0.3 is 4.90 Å². The second-order valence-corrected chi connectivity index (χ2v) is 11.5. The Morgan fingerprint density at radius 1 is 1.03 bits per heavy atom. The van der Waals surface area contributed by atoms with Gasteiger partial charge in [0.1, 0.15) is 16.9 Å². The summed E-state index contributed by atoms with van der Waals surface area (Å²) in [5.74, 6) is -1.67. The van der Waals surface area contributed by atoms with Crippen LogP contribution in [0.25, 0.3) is 6.08 Å². The zero-order valence-corrected chi connectivity index (χ0v) is 22.3.